The number of nitro benzene ring substituents is 1. The average Bonchev–Trinajstić information content (AvgIpc) is 2.61. The van der Waals surface area contributed by atoms with Crippen LogP contribution in [0.2, 0.25) is 0 Å². The number of anilines is 1. The molecular formula is C19H29N3O6. The van der Waals surface area contributed by atoms with Crippen LogP contribution in [0.3, 0.4) is 0 Å². The maximum atomic E-state index is 12.7. The molecule has 0 spiro atoms. The SMILES string of the molecule is COCCNc1ccc([N+](=O)[O-])cc1C(=O)O[C@@H](C)C(=O)N(C(C)C)C(C)C. The van der Waals surface area contributed by atoms with Crippen molar-refractivity contribution in [2.45, 2.75) is 52.8 Å². The lowest BCUT2D eigenvalue weighted by Gasteiger charge is -2.32. The highest BCUT2D eigenvalue weighted by Gasteiger charge is 2.29. The van der Waals surface area contributed by atoms with Crippen molar-refractivity contribution < 1.29 is 24.0 Å². The number of non-ortho nitro benzene ring substituents is 1. The molecule has 0 unspecified atom stereocenters. The number of hydrogen-bond acceptors (Lipinski definition) is 7. The maximum absolute atomic E-state index is 12.7. The molecule has 0 aliphatic rings. The Balaban J connectivity index is 3.06. The first-order chi connectivity index (χ1) is 13.1. The fourth-order valence-electron chi connectivity index (χ4n) is 2.85. The van der Waals surface area contributed by atoms with Crippen LogP contribution in [0, 0.1) is 10.1 Å². The second-order valence-corrected chi connectivity index (χ2v) is 6.89. The molecule has 9 heteroatoms. The molecule has 0 aliphatic heterocycles. The highest BCUT2D eigenvalue weighted by Crippen LogP contribution is 2.24. The standard InChI is InChI=1S/C19H29N3O6/c1-12(2)21(13(3)4)18(23)14(5)28-19(24)16-11-15(22(25)26)7-8-17(16)20-9-10-27-6/h7-8,11-14,20H,9-10H2,1-6H3/t14-/m0/s1. The molecular weight excluding hydrogens is 366 g/mol. The molecule has 0 aliphatic carbocycles. The van der Waals surface area contributed by atoms with Crippen LogP contribution in [-0.2, 0) is 14.3 Å². The van der Waals surface area contributed by atoms with Gasteiger partial charge in [-0.3, -0.25) is 14.9 Å². The molecule has 0 aromatic heterocycles. The number of ether oxygens (including phenoxy) is 2. The van der Waals surface area contributed by atoms with Crippen molar-refractivity contribution in [1.82, 2.24) is 4.90 Å². The highest BCUT2D eigenvalue weighted by atomic mass is 16.6. The Bertz CT molecular complexity index is 697. The van der Waals surface area contributed by atoms with E-state index in [1.807, 2.05) is 27.7 Å². The number of esters is 1. The minimum atomic E-state index is -1.02. The first-order valence-electron chi connectivity index (χ1n) is 9.14. The van der Waals surface area contributed by atoms with E-state index in [9.17, 15) is 19.7 Å². The number of nitrogens with one attached hydrogen (secondary N) is 1. The zero-order valence-corrected chi connectivity index (χ0v) is 17.2. The van der Waals surface area contributed by atoms with E-state index in [-0.39, 0.29) is 29.2 Å². The molecule has 28 heavy (non-hydrogen) atoms. The maximum Gasteiger partial charge on any atom is 0.341 e. The van der Waals surface area contributed by atoms with E-state index in [1.54, 1.807) is 4.90 Å². The van der Waals surface area contributed by atoms with Gasteiger partial charge in [0.05, 0.1) is 17.1 Å². The third-order valence-corrected chi connectivity index (χ3v) is 4.05. The number of rotatable bonds is 10. The van der Waals surface area contributed by atoms with E-state index in [0.29, 0.717) is 18.8 Å². The Labute approximate surface area is 165 Å². The summed E-state index contributed by atoms with van der Waals surface area (Å²) in [6.07, 6.45) is -1.02. The minimum Gasteiger partial charge on any atom is -0.449 e. The van der Waals surface area contributed by atoms with Gasteiger partial charge in [0.2, 0.25) is 0 Å². The van der Waals surface area contributed by atoms with Gasteiger partial charge in [0, 0.05) is 43.6 Å². The highest BCUT2D eigenvalue weighted by molar-refractivity contribution is 5.98. The van der Waals surface area contributed by atoms with Crippen LogP contribution < -0.4 is 5.32 Å². The molecule has 156 valence electrons. The summed E-state index contributed by atoms with van der Waals surface area (Å²) in [5.74, 6) is -1.13. The summed E-state index contributed by atoms with van der Waals surface area (Å²) in [5.41, 5.74) is 0.122. The van der Waals surface area contributed by atoms with Crippen molar-refractivity contribution in [1.29, 1.82) is 0 Å². The number of methoxy groups -OCH3 is 1. The van der Waals surface area contributed by atoms with E-state index < -0.39 is 17.0 Å². The second kappa shape index (κ2) is 10.6. The fourth-order valence-corrected chi connectivity index (χ4v) is 2.85. The van der Waals surface area contributed by atoms with Crippen molar-refractivity contribution in [3.05, 3.63) is 33.9 Å². The predicted octanol–water partition coefficient (Wildman–Crippen LogP) is 2.84. The first-order valence-corrected chi connectivity index (χ1v) is 9.14. The van der Waals surface area contributed by atoms with Crippen LogP contribution in [0.5, 0.6) is 0 Å². The van der Waals surface area contributed by atoms with E-state index in [1.165, 1.54) is 26.2 Å². The van der Waals surface area contributed by atoms with Gasteiger partial charge in [0.1, 0.15) is 0 Å². The average molecular weight is 395 g/mol. The Morgan fingerprint density at radius 2 is 1.79 bits per heavy atom. The summed E-state index contributed by atoms with van der Waals surface area (Å²) in [5, 5.41) is 14.0. The number of carbonyl (C=O) groups excluding carboxylic acids is 2. The monoisotopic (exact) mass is 395 g/mol. The molecule has 1 aromatic rings. The molecule has 1 N–H and O–H groups in total. The number of amides is 1. The van der Waals surface area contributed by atoms with Crippen LogP contribution in [0.1, 0.15) is 45.0 Å². The minimum absolute atomic E-state index is 0.00871. The Morgan fingerprint density at radius 1 is 1.18 bits per heavy atom. The van der Waals surface area contributed by atoms with Gasteiger partial charge in [-0.1, -0.05) is 0 Å². The van der Waals surface area contributed by atoms with Crippen LogP contribution in [0.15, 0.2) is 18.2 Å². The lowest BCUT2D eigenvalue weighted by molar-refractivity contribution is -0.384. The van der Waals surface area contributed by atoms with Crippen LogP contribution in [-0.4, -0.2) is 60.1 Å². The van der Waals surface area contributed by atoms with Gasteiger partial charge in [-0.05, 0) is 40.7 Å². The normalized spacial score (nSPS) is 12.0. The fraction of sp³-hybridized carbons (Fsp3) is 0.579. The van der Waals surface area contributed by atoms with Crippen molar-refractivity contribution >= 4 is 23.3 Å². The molecule has 0 fully saturated rings. The zero-order chi connectivity index (χ0) is 21.4. The zero-order valence-electron chi connectivity index (χ0n) is 17.2. The molecule has 9 nitrogen and oxygen atoms in total. The number of nitro groups is 1. The van der Waals surface area contributed by atoms with Gasteiger partial charge >= 0.3 is 5.97 Å². The van der Waals surface area contributed by atoms with E-state index in [4.69, 9.17) is 9.47 Å². The number of carbonyl (C=O) groups is 2. The molecule has 0 saturated carbocycles. The summed E-state index contributed by atoms with van der Waals surface area (Å²) < 4.78 is 10.3. The van der Waals surface area contributed by atoms with E-state index >= 15 is 0 Å². The Morgan fingerprint density at radius 3 is 2.29 bits per heavy atom. The summed E-state index contributed by atoms with van der Waals surface area (Å²) in [4.78, 5) is 37.4. The number of nitrogens with zero attached hydrogens (tertiary/aromatic N) is 2. The van der Waals surface area contributed by atoms with Gasteiger partial charge in [-0.25, -0.2) is 4.79 Å². The lowest BCUT2D eigenvalue weighted by atomic mass is 10.1. The van der Waals surface area contributed by atoms with Crippen LogP contribution in [0.25, 0.3) is 0 Å². The summed E-state index contributed by atoms with van der Waals surface area (Å²) in [7, 11) is 1.54. The Hall–Kier alpha value is -2.68. The molecule has 1 atom stereocenters. The smallest absolute Gasteiger partial charge is 0.341 e. The van der Waals surface area contributed by atoms with Gasteiger partial charge in [-0.15, -0.1) is 0 Å². The first kappa shape index (κ1) is 23.4. The molecule has 1 aromatic carbocycles. The van der Waals surface area contributed by atoms with Gasteiger partial charge in [0.25, 0.3) is 11.6 Å². The predicted molar refractivity (Wildman–Crippen MR) is 105 cm³/mol. The third kappa shape index (κ3) is 6.19. The largest absolute Gasteiger partial charge is 0.449 e. The van der Waals surface area contributed by atoms with Crippen molar-refractivity contribution in [3.8, 4) is 0 Å². The van der Waals surface area contributed by atoms with Crippen molar-refractivity contribution in [2.75, 3.05) is 25.6 Å². The van der Waals surface area contributed by atoms with Gasteiger partial charge in [0.15, 0.2) is 6.10 Å². The third-order valence-electron chi connectivity index (χ3n) is 4.05. The summed E-state index contributed by atoms with van der Waals surface area (Å²) >= 11 is 0. The molecule has 1 rings (SSSR count). The molecule has 0 heterocycles. The number of benzene rings is 1. The summed E-state index contributed by atoms with van der Waals surface area (Å²) in [6, 6.07) is 3.75. The van der Waals surface area contributed by atoms with Crippen molar-refractivity contribution in [2.24, 2.45) is 0 Å². The summed E-state index contributed by atoms with van der Waals surface area (Å²) in [6.45, 7) is 9.80. The van der Waals surface area contributed by atoms with Crippen molar-refractivity contribution in [3.63, 3.8) is 0 Å². The van der Waals surface area contributed by atoms with Crippen LogP contribution in [0.4, 0.5) is 11.4 Å². The number of hydrogen-bond donors (Lipinski definition) is 1. The van der Waals surface area contributed by atoms with E-state index in [0.717, 1.165) is 6.07 Å². The molecule has 1 amide bonds. The quantitative estimate of drug-likeness (QED) is 0.281. The molecule has 0 saturated heterocycles. The van der Waals surface area contributed by atoms with Gasteiger partial charge in [-0.2, -0.15) is 0 Å². The second-order valence-electron chi connectivity index (χ2n) is 6.89. The van der Waals surface area contributed by atoms with Crippen LogP contribution >= 0.6 is 0 Å². The van der Waals surface area contributed by atoms with E-state index in [2.05, 4.69) is 5.32 Å². The Kier molecular flexibility index (Phi) is 8.84. The topological polar surface area (TPSA) is 111 Å². The lowest BCUT2D eigenvalue weighted by Crippen LogP contribution is -2.47. The molecule has 0 radical (unpaired) electrons. The van der Waals surface area contributed by atoms with Gasteiger partial charge < -0.3 is 19.7 Å². The molecule has 0 bridgehead atoms.